The van der Waals surface area contributed by atoms with Crippen LogP contribution in [0.1, 0.15) is 16.4 Å². The molecule has 0 atom stereocenters. The van der Waals surface area contributed by atoms with E-state index in [0.717, 1.165) is 11.2 Å². The largest absolute Gasteiger partial charge is 0.310 e. The summed E-state index contributed by atoms with van der Waals surface area (Å²) < 4.78 is 0. The molecule has 0 bridgehead atoms. The maximum absolute atomic E-state index is 12.1. The van der Waals surface area contributed by atoms with Crippen LogP contribution < -0.4 is 10.6 Å². The van der Waals surface area contributed by atoms with E-state index in [4.69, 9.17) is 0 Å². The van der Waals surface area contributed by atoms with Crippen molar-refractivity contribution in [3.63, 3.8) is 0 Å². The number of nitrogens with one attached hydrogen (secondary N) is 2. The molecule has 3 aromatic rings. The van der Waals surface area contributed by atoms with Crippen LogP contribution in [-0.2, 0) is 22.4 Å². The predicted octanol–water partition coefficient (Wildman–Crippen LogP) is 2.57. The van der Waals surface area contributed by atoms with E-state index in [1.165, 1.54) is 34.8 Å². The molecular formula is C16H14N6O4S2. The van der Waals surface area contributed by atoms with Crippen molar-refractivity contribution in [2.24, 2.45) is 0 Å². The summed E-state index contributed by atoms with van der Waals surface area (Å²) in [6, 6.07) is 2.60. The van der Waals surface area contributed by atoms with Gasteiger partial charge < -0.3 is 10.6 Å². The van der Waals surface area contributed by atoms with Crippen LogP contribution in [0.25, 0.3) is 0 Å². The maximum atomic E-state index is 12.1. The van der Waals surface area contributed by atoms with Crippen LogP contribution in [-0.4, -0.2) is 31.7 Å². The van der Waals surface area contributed by atoms with Gasteiger partial charge >= 0.3 is 0 Å². The van der Waals surface area contributed by atoms with E-state index in [1.807, 2.05) is 12.3 Å². The quantitative estimate of drug-likeness (QED) is 0.444. The number of carbonyl (C=O) groups is 2. The molecule has 0 aliphatic rings. The Hall–Kier alpha value is -3.25. The van der Waals surface area contributed by atoms with Gasteiger partial charge in [0.1, 0.15) is 12.0 Å². The van der Waals surface area contributed by atoms with Gasteiger partial charge in [0.15, 0.2) is 5.13 Å². The number of anilines is 2. The number of rotatable bonds is 7. The van der Waals surface area contributed by atoms with Crippen molar-refractivity contribution < 1.29 is 14.5 Å². The number of carbonyl (C=O) groups excluding carboxylic acids is 2. The van der Waals surface area contributed by atoms with Gasteiger partial charge in [-0.2, -0.15) is 0 Å². The summed E-state index contributed by atoms with van der Waals surface area (Å²) in [4.78, 5) is 46.4. The lowest BCUT2D eigenvalue weighted by molar-refractivity contribution is -0.385. The second kappa shape index (κ2) is 8.63. The van der Waals surface area contributed by atoms with Crippen molar-refractivity contribution in [1.82, 2.24) is 15.0 Å². The Morgan fingerprint density at radius 2 is 1.75 bits per heavy atom. The topological polar surface area (TPSA) is 140 Å². The summed E-state index contributed by atoms with van der Waals surface area (Å²) in [6.45, 7) is 1.87. The lowest BCUT2D eigenvalue weighted by Crippen LogP contribution is -2.16. The highest BCUT2D eigenvalue weighted by Crippen LogP contribution is 2.17. The molecule has 0 fully saturated rings. The normalized spacial score (nSPS) is 10.5. The molecule has 0 spiro atoms. The summed E-state index contributed by atoms with van der Waals surface area (Å²) in [5.41, 5.74) is 1.03. The minimum Gasteiger partial charge on any atom is -0.310 e. The Morgan fingerprint density at radius 1 is 1.07 bits per heavy atom. The maximum Gasteiger partial charge on any atom is 0.287 e. The van der Waals surface area contributed by atoms with Crippen LogP contribution in [0.4, 0.5) is 16.6 Å². The highest BCUT2D eigenvalue weighted by Gasteiger charge is 2.13. The van der Waals surface area contributed by atoms with Crippen LogP contribution >= 0.6 is 22.7 Å². The van der Waals surface area contributed by atoms with Crippen LogP contribution in [0.3, 0.4) is 0 Å². The average molecular weight is 418 g/mol. The van der Waals surface area contributed by atoms with Gasteiger partial charge in [-0.3, -0.25) is 19.7 Å². The van der Waals surface area contributed by atoms with Crippen molar-refractivity contribution in [1.29, 1.82) is 0 Å². The zero-order valence-corrected chi connectivity index (χ0v) is 16.2. The second-order valence-corrected chi connectivity index (χ2v) is 7.53. The molecule has 144 valence electrons. The zero-order valence-electron chi connectivity index (χ0n) is 14.5. The Kier molecular flexibility index (Phi) is 6.01. The van der Waals surface area contributed by atoms with E-state index in [1.54, 1.807) is 5.38 Å². The fourth-order valence-corrected chi connectivity index (χ4v) is 3.52. The predicted molar refractivity (Wildman–Crippen MR) is 105 cm³/mol. The first-order valence-electron chi connectivity index (χ1n) is 7.94. The van der Waals surface area contributed by atoms with Crippen LogP contribution in [0.5, 0.6) is 0 Å². The number of nitrogens with zero attached hydrogens (tertiary/aromatic N) is 4. The van der Waals surface area contributed by atoms with E-state index in [2.05, 4.69) is 25.6 Å². The Labute approximate surface area is 166 Å². The third-order valence-electron chi connectivity index (χ3n) is 3.37. The third-order valence-corrected chi connectivity index (χ3v) is 5.00. The van der Waals surface area contributed by atoms with E-state index >= 15 is 0 Å². The standard InChI is InChI=1S/C16H14N6O4S2/c1-9-18-10(7-27-9)4-15(24)21-16-19-11(8-28-16)5-14(23)20-13-3-2-12(6-17-13)22(25)26/h2-3,6-8H,4-5H2,1H3,(H,17,20,23)(H,19,21,24). The van der Waals surface area contributed by atoms with Gasteiger partial charge in [0, 0.05) is 16.8 Å². The van der Waals surface area contributed by atoms with Gasteiger partial charge in [0.25, 0.3) is 5.69 Å². The third kappa shape index (κ3) is 5.37. The van der Waals surface area contributed by atoms with Gasteiger partial charge in [-0.05, 0) is 13.0 Å². The number of hydrogen-bond donors (Lipinski definition) is 2. The fourth-order valence-electron chi connectivity index (χ4n) is 2.18. The molecule has 2 amide bonds. The summed E-state index contributed by atoms with van der Waals surface area (Å²) in [5, 5.41) is 20.6. The van der Waals surface area contributed by atoms with Gasteiger partial charge in [-0.25, -0.2) is 15.0 Å². The Morgan fingerprint density at radius 3 is 2.36 bits per heavy atom. The smallest absolute Gasteiger partial charge is 0.287 e. The molecule has 28 heavy (non-hydrogen) atoms. The van der Waals surface area contributed by atoms with Gasteiger partial charge in [0.05, 0.1) is 34.2 Å². The van der Waals surface area contributed by atoms with Crippen molar-refractivity contribution in [2.45, 2.75) is 19.8 Å². The summed E-state index contributed by atoms with van der Waals surface area (Å²) in [5.74, 6) is -0.397. The van der Waals surface area contributed by atoms with Crippen molar-refractivity contribution >= 4 is 51.1 Å². The van der Waals surface area contributed by atoms with Crippen molar-refractivity contribution in [2.75, 3.05) is 10.6 Å². The zero-order chi connectivity index (χ0) is 20.1. The molecule has 0 aliphatic heterocycles. The molecule has 3 heterocycles. The molecule has 10 nitrogen and oxygen atoms in total. The van der Waals surface area contributed by atoms with Crippen molar-refractivity contribution in [3.05, 3.63) is 55.6 Å². The number of hydrogen-bond acceptors (Lipinski definition) is 9. The molecule has 0 saturated carbocycles. The van der Waals surface area contributed by atoms with E-state index in [0.29, 0.717) is 16.5 Å². The van der Waals surface area contributed by atoms with E-state index < -0.39 is 4.92 Å². The van der Waals surface area contributed by atoms with Gasteiger partial charge in [-0.1, -0.05) is 0 Å². The average Bonchev–Trinajstić information content (AvgIpc) is 3.24. The Balaban J connectivity index is 1.51. The lowest BCUT2D eigenvalue weighted by Gasteiger charge is -2.02. The number of nitro groups is 1. The highest BCUT2D eigenvalue weighted by molar-refractivity contribution is 7.14. The molecule has 0 aliphatic carbocycles. The molecule has 2 N–H and O–H groups in total. The summed E-state index contributed by atoms with van der Waals surface area (Å²) in [6.07, 6.45) is 1.21. The first-order valence-corrected chi connectivity index (χ1v) is 9.70. The molecule has 0 unspecified atom stereocenters. The minimum atomic E-state index is -0.570. The van der Waals surface area contributed by atoms with E-state index in [9.17, 15) is 19.7 Å². The SMILES string of the molecule is Cc1nc(CC(=O)Nc2nc(CC(=O)Nc3ccc([N+](=O)[O-])cn3)cs2)cs1. The number of aryl methyl sites for hydroxylation is 1. The molecule has 0 aromatic carbocycles. The fraction of sp³-hybridized carbons (Fsp3) is 0.188. The molecule has 0 radical (unpaired) electrons. The number of thiazole rings is 2. The molecule has 3 aromatic heterocycles. The molecule has 12 heteroatoms. The number of aromatic nitrogens is 3. The first kappa shape index (κ1) is 19.5. The highest BCUT2D eigenvalue weighted by atomic mass is 32.1. The molecule has 3 rings (SSSR count). The van der Waals surface area contributed by atoms with Crippen LogP contribution in [0.15, 0.2) is 29.1 Å². The van der Waals surface area contributed by atoms with Crippen molar-refractivity contribution in [3.8, 4) is 0 Å². The van der Waals surface area contributed by atoms with Crippen LogP contribution in [0, 0.1) is 17.0 Å². The summed E-state index contributed by atoms with van der Waals surface area (Å²) in [7, 11) is 0. The lowest BCUT2D eigenvalue weighted by atomic mass is 10.3. The number of amides is 2. The van der Waals surface area contributed by atoms with Gasteiger partial charge in [-0.15, -0.1) is 22.7 Å². The minimum absolute atomic E-state index is 0.0175. The summed E-state index contributed by atoms with van der Waals surface area (Å²) >= 11 is 2.70. The molecular weight excluding hydrogens is 404 g/mol. The van der Waals surface area contributed by atoms with E-state index in [-0.39, 0.29) is 36.2 Å². The van der Waals surface area contributed by atoms with Gasteiger partial charge in [0.2, 0.25) is 11.8 Å². The Bertz CT molecular complexity index is 1010. The molecule has 0 saturated heterocycles. The van der Waals surface area contributed by atoms with Crippen LogP contribution in [0.2, 0.25) is 0 Å². The first-order chi connectivity index (χ1) is 13.4. The number of pyridine rings is 1. The monoisotopic (exact) mass is 418 g/mol. The second-order valence-electron chi connectivity index (χ2n) is 5.61.